The van der Waals surface area contributed by atoms with Gasteiger partial charge in [0, 0.05) is 24.0 Å². The van der Waals surface area contributed by atoms with E-state index in [4.69, 9.17) is 10.00 Å². The average Bonchev–Trinajstić information content (AvgIpc) is 2.74. The van der Waals surface area contributed by atoms with Crippen LogP contribution in [0.25, 0.3) is 0 Å². The summed E-state index contributed by atoms with van der Waals surface area (Å²) < 4.78 is 4.86. The van der Waals surface area contributed by atoms with E-state index in [-0.39, 0.29) is 17.3 Å². The lowest BCUT2D eigenvalue weighted by Gasteiger charge is -2.13. The number of nitriles is 1. The van der Waals surface area contributed by atoms with Gasteiger partial charge < -0.3 is 4.74 Å². The molecule has 0 amide bonds. The molecule has 2 aromatic heterocycles. The van der Waals surface area contributed by atoms with Crippen LogP contribution >= 0.6 is 0 Å². The van der Waals surface area contributed by atoms with Gasteiger partial charge >= 0.3 is 5.97 Å². The lowest BCUT2D eigenvalue weighted by atomic mass is 9.94. The molecule has 2 aliphatic carbocycles. The molecular weight excluding hydrogens is 370 g/mol. The largest absolute Gasteiger partial charge is 0.461 e. The van der Waals surface area contributed by atoms with Crippen molar-refractivity contribution < 1.29 is 19.1 Å². The van der Waals surface area contributed by atoms with Gasteiger partial charge in [0.05, 0.1) is 18.0 Å². The summed E-state index contributed by atoms with van der Waals surface area (Å²) in [5.74, 6) is -0.161. The van der Waals surface area contributed by atoms with Gasteiger partial charge in [0.25, 0.3) is 0 Å². The van der Waals surface area contributed by atoms with Gasteiger partial charge in [-0.05, 0) is 56.9 Å². The summed E-state index contributed by atoms with van der Waals surface area (Å²) in [6.45, 7) is 2.08. The fourth-order valence-corrected chi connectivity index (χ4v) is 3.37. The maximum absolute atomic E-state index is 11.5. The minimum atomic E-state index is -0.427. The zero-order valence-electron chi connectivity index (χ0n) is 16.2. The first-order valence-electron chi connectivity index (χ1n) is 9.67. The second-order valence-corrected chi connectivity index (χ2v) is 6.77. The molecule has 0 saturated heterocycles. The first-order chi connectivity index (χ1) is 14.0. The van der Waals surface area contributed by atoms with Gasteiger partial charge in [-0.1, -0.05) is 0 Å². The molecule has 0 aliphatic heterocycles. The fourth-order valence-electron chi connectivity index (χ4n) is 3.37. The van der Waals surface area contributed by atoms with Crippen LogP contribution in [0.1, 0.15) is 80.9 Å². The topological polar surface area (TPSA) is 110 Å². The average molecular weight is 391 g/mol. The Balaban J connectivity index is 0.000000169. The Morgan fingerprint density at radius 2 is 1.55 bits per heavy atom. The third-order valence-electron chi connectivity index (χ3n) is 4.78. The third kappa shape index (κ3) is 4.72. The molecule has 0 aromatic carbocycles. The van der Waals surface area contributed by atoms with Crippen molar-refractivity contribution in [2.75, 3.05) is 6.61 Å². The summed E-state index contributed by atoms with van der Waals surface area (Å²) in [7, 11) is 0. The summed E-state index contributed by atoms with van der Waals surface area (Å²) in [6, 6.07) is 8.51. The quantitative estimate of drug-likeness (QED) is 0.723. The van der Waals surface area contributed by atoms with Crippen LogP contribution in [0.15, 0.2) is 24.3 Å². The molecule has 0 spiro atoms. The van der Waals surface area contributed by atoms with E-state index in [0.29, 0.717) is 36.3 Å². The maximum Gasteiger partial charge on any atom is 0.356 e. The van der Waals surface area contributed by atoms with Gasteiger partial charge in [0.2, 0.25) is 0 Å². The van der Waals surface area contributed by atoms with Crippen LogP contribution < -0.4 is 0 Å². The maximum atomic E-state index is 11.5. The molecule has 0 bridgehead atoms. The Labute approximate surface area is 168 Å². The van der Waals surface area contributed by atoms with Crippen molar-refractivity contribution in [3.63, 3.8) is 0 Å². The third-order valence-corrected chi connectivity index (χ3v) is 4.78. The van der Waals surface area contributed by atoms with Crippen molar-refractivity contribution >= 4 is 17.5 Å². The Bertz CT molecular complexity index is 1010. The van der Waals surface area contributed by atoms with Crippen molar-refractivity contribution in [3.8, 4) is 6.07 Å². The van der Waals surface area contributed by atoms with Crippen LogP contribution in [0, 0.1) is 11.3 Å². The van der Waals surface area contributed by atoms with Crippen molar-refractivity contribution in [2.24, 2.45) is 0 Å². The summed E-state index contributed by atoms with van der Waals surface area (Å²) in [4.78, 5) is 42.6. The number of nitrogens with zero attached hydrogens (tertiary/aromatic N) is 3. The monoisotopic (exact) mass is 391 g/mol. The lowest BCUT2D eigenvalue weighted by Crippen LogP contribution is -2.16. The van der Waals surface area contributed by atoms with Gasteiger partial charge in [-0.2, -0.15) is 5.26 Å². The number of hydrogen-bond acceptors (Lipinski definition) is 7. The van der Waals surface area contributed by atoms with E-state index >= 15 is 0 Å². The number of carbonyl (C=O) groups excluding carboxylic acids is 3. The summed E-state index contributed by atoms with van der Waals surface area (Å²) in [5, 5.41) is 8.61. The molecule has 0 saturated carbocycles. The summed E-state index contributed by atoms with van der Waals surface area (Å²) in [5.41, 5.74) is 3.55. The van der Waals surface area contributed by atoms with Crippen molar-refractivity contribution in [1.29, 1.82) is 5.26 Å². The highest BCUT2D eigenvalue weighted by molar-refractivity contribution is 5.99. The zero-order valence-corrected chi connectivity index (χ0v) is 16.2. The number of esters is 1. The second kappa shape index (κ2) is 9.20. The predicted octanol–water partition coefficient (Wildman–Crippen LogP) is 3.25. The Morgan fingerprint density at radius 1 is 0.966 bits per heavy atom. The van der Waals surface area contributed by atoms with E-state index in [2.05, 4.69) is 9.97 Å². The Hall–Kier alpha value is -3.40. The van der Waals surface area contributed by atoms with E-state index in [9.17, 15) is 14.4 Å². The number of carbonyl (C=O) groups is 3. The second-order valence-electron chi connectivity index (χ2n) is 6.77. The normalized spacial score (nSPS) is 14.6. The number of aryl methyl sites for hydroxylation is 2. The van der Waals surface area contributed by atoms with Gasteiger partial charge in [0.1, 0.15) is 17.5 Å². The van der Waals surface area contributed by atoms with Crippen molar-refractivity contribution in [3.05, 3.63) is 58.2 Å². The predicted molar refractivity (Wildman–Crippen MR) is 104 cm³/mol. The number of aromatic nitrogens is 2. The molecule has 0 atom stereocenters. The summed E-state index contributed by atoms with van der Waals surface area (Å²) in [6.07, 6.45) is 4.43. The van der Waals surface area contributed by atoms with Crippen LogP contribution in [0.4, 0.5) is 0 Å². The van der Waals surface area contributed by atoms with Crippen LogP contribution in [-0.4, -0.2) is 34.1 Å². The molecule has 0 radical (unpaired) electrons. The highest BCUT2D eigenvalue weighted by Gasteiger charge is 2.20. The number of pyridine rings is 2. The zero-order chi connectivity index (χ0) is 20.8. The molecule has 4 rings (SSSR count). The molecular formula is C22H21N3O4. The minimum absolute atomic E-state index is 0.115. The smallest absolute Gasteiger partial charge is 0.356 e. The van der Waals surface area contributed by atoms with E-state index < -0.39 is 5.97 Å². The van der Waals surface area contributed by atoms with Crippen molar-refractivity contribution in [2.45, 2.75) is 45.4 Å². The van der Waals surface area contributed by atoms with Crippen LogP contribution in [0.2, 0.25) is 0 Å². The molecule has 2 heterocycles. The molecule has 2 aliphatic rings. The molecule has 0 unspecified atom stereocenters. The number of hydrogen-bond donors (Lipinski definition) is 0. The van der Waals surface area contributed by atoms with Crippen LogP contribution in [0.5, 0.6) is 0 Å². The van der Waals surface area contributed by atoms with Gasteiger partial charge in [-0.25, -0.2) is 14.8 Å². The fraction of sp³-hybridized carbons (Fsp3) is 0.364. The molecule has 0 fully saturated rings. The molecule has 148 valence electrons. The van der Waals surface area contributed by atoms with Gasteiger partial charge in [-0.15, -0.1) is 0 Å². The van der Waals surface area contributed by atoms with E-state index in [1.165, 1.54) is 0 Å². The lowest BCUT2D eigenvalue weighted by molar-refractivity contribution is 0.0518. The molecule has 7 heteroatoms. The molecule has 29 heavy (non-hydrogen) atoms. The summed E-state index contributed by atoms with van der Waals surface area (Å²) >= 11 is 0. The SMILES string of the molecule is CCOC(=O)c1ccc2c(n1)CCCC2=O.N#Cc1ccc2c(n1)CCCC2=O. The van der Waals surface area contributed by atoms with E-state index in [1.54, 1.807) is 31.2 Å². The van der Waals surface area contributed by atoms with E-state index in [0.717, 1.165) is 37.1 Å². The van der Waals surface area contributed by atoms with Gasteiger partial charge in [-0.3, -0.25) is 9.59 Å². The Kier molecular flexibility index (Phi) is 6.45. The standard InChI is InChI=1S/C12H13NO3.C10H8N2O/c1-2-16-12(15)10-7-6-8-9(13-10)4-3-5-11(8)14;11-6-7-4-5-8-9(12-7)2-1-3-10(8)13/h6-7H,2-5H2,1H3;4-5H,1-3H2. The van der Waals surface area contributed by atoms with Gasteiger partial charge in [0.15, 0.2) is 11.6 Å². The van der Waals surface area contributed by atoms with Crippen LogP contribution in [-0.2, 0) is 17.6 Å². The molecule has 0 N–H and O–H groups in total. The first-order valence-corrected chi connectivity index (χ1v) is 9.67. The number of Topliss-reactive ketones (excluding diaryl/α,β-unsaturated/α-hetero) is 2. The molecule has 7 nitrogen and oxygen atoms in total. The highest BCUT2D eigenvalue weighted by atomic mass is 16.5. The van der Waals surface area contributed by atoms with E-state index in [1.807, 2.05) is 6.07 Å². The van der Waals surface area contributed by atoms with Crippen molar-refractivity contribution in [1.82, 2.24) is 9.97 Å². The number of ketones is 2. The number of ether oxygens (including phenoxy) is 1. The number of fused-ring (bicyclic) bond motifs is 2. The highest BCUT2D eigenvalue weighted by Crippen LogP contribution is 2.20. The minimum Gasteiger partial charge on any atom is -0.461 e. The number of rotatable bonds is 2. The molecule has 2 aromatic rings. The van der Waals surface area contributed by atoms with Crippen LogP contribution in [0.3, 0.4) is 0 Å². The first kappa shape index (κ1) is 20.3. The Morgan fingerprint density at radius 3 is 2.14 bits per heavy atom.